The van der Waals surface area contributed by atoms with E-state index in [9.17, 15) is 9.18 Å². The van der Waals surface area contributed by atoms with E-state index in [4.69, 9.17) is 15.6 Å². The molecular formula is C19H14FNO3. The van der Waals surface area contributed by atoms with Gasteiger partial charge in [-0.2, -0.15) is 4.98 Å². The third-order valence-electron chi connectivity index (χ3n) is 3.60. The Morgan fingerprint density at radius 3 is 2.71 bits per heavy atom. The van der Waals surface area contributed by atoms with Gasteiger partial charge in [-0.25, -0.2) is 4.39 Å². The van der Waals surface area contributed by atoms with Crippen molar-refractivity contribution in [3.8, 4) is 18.4 Å². The first kappa shape index (κ1) is 15.8. The van der Waals surface area contributed by atoms with Crippen LogP contribution in [-0.4, -0.2) is 17.4 Å². The number of rotatable bonds is 6. The van der Waals surface area contributed by atoms with Gasteiger partial charge in [0.25, 0.3) is 0 Å². The summed E-state index contributed by atoms with van der Waals surface area (Å²) in [6.45, 7) is -0.226. The molecule has 1 atom stereocenters. The Bertz CT molecular complexity index is 860. The molecule has 1 aromatic heterocycles. The number of hydrogen-bond donors (Lipinski definition) is 0. The smallest absolute Gasteiger partial charge is 0.395 e. The van der Waals surface area contributed by atoms with Crippen LogP contribution in [0.3, 0.4) is 0 Å². The number of para-hydroxylation sites is 2. The summed E-state index contributed by atoms with van der Waals surface area (Å²) in [5, 5.41) is 0. The molecule has 0 fully saturated rings. The van der Waals surface area contributed by atoms with Crippen LogP contribution < -0.4 is 4.74 Å². The Kier molecular flexibility index (Phi) is 4.57. The van der Waals surface area contributed by atoms with Crippen LogP contribution in [0.15, 0.2) is 52.9 Å². The summed E-state index contributed by atoms with van der Waals surface area (Å²) < 4.78 is 23.8. The van der Waals surface area contributed by atoms with Crippen LogP contribution in [-0.2, 0) is 4.79 Å². The lowest BCUT2D eigenvalue weighted by Crippen LogP contribution is -2.20. The Morgan fingerprint density at radius 2 is 2.00 bits per heavy atom. The highest BCUT2D eigenvalue weighted by atomic mass is 19.1. The molecule has 0 aliphatic rings. The lowest BCUT2D eigenvalue weighted by molar-refractivity contribution is -0.122. The van der Waals surface area contributed by atoms with E-state index in [1.807, 2.05) is 12.1 Å². The van der Waals surface area contributed by atoms with Gasteiger partial charge < -0.3 is 9.15 Å². The van der Waals surface area contributed by atoms with Crippen LogP contribution in [0.4, 0.5) is 4.39 Å². The minimum atomic E-state index is -0.556. The molecule has 3 rings (SSSR count). The molecule has 0 saturated heterocycles. The Balaban J connectivity index is 1.71. The second-order valence-electron chi connectivity index (χ2n) is 5.21. The predicted octanol–water partition coefficient (Wildman–Crippen LogP) is 3.72. The molecule has 0 aliphatic heterocycles. The summed E-state index contributed by atoms with van der Waals surface area (Å²) in [7, 11) is 0. The molecule has 5 heteroatoms. The maximum Gasteiger partial charge on any atom is 0.395 e. The topological polar surface area (TPSA) is 52.3 Å². The van der Waals surface area contributed by atoms with E-state index in [1.165, 1.54) is 12.1 Å². The van der Waals surface area contributed by atoms with Crippen LogP contribution >= 0.6 is 0 Å². The number of fused-ring (bicyclic) bond motifs is 1. The van der Waals surface area contributed by atoms with E-state index in [0.29, 0.717) is 16.7 Å². The van der Waals surface area contributed by atoms with E-state index in [0.717, 1.165) is 0 Å². The van der Waals surface area contributed by atoms with Crippen molar-refractivity contribution in [1.82, 2.24) is 4.98 Å². The fourth-order valence-corrected chi connectivity index (χ4v) is 2.38. The molecule has 4 nitrogen and oxygen atoms in total. The number of terminal acetylenes is 1. The molecule has 1 heterocycles. The summed E-state index contributed by atoms with van der Waals surface area (Å²) in [5.74, 6) is 1.33. The second kappa shape index (κ2) is 6.97. The largest absolute Gasteiger partial charge is 0.442 e. The zero-order valence-electron chi connectivity index (χ0n) is 12.7. The third-order valence-corrected chi connectivity index (χ3v) is 3.60. The van der Waals surface area contributed by atoms with Crippen molar-refractivity contribution in [3.05, 3.63) is 59.9 Å². The number of hydrogen-bond acceptors (Lipinski definition) is 4. The minimum Gasteiger partial charge on any atom is -0.442 e. The summed E-state index contributed by atoms with van der Waals surface area (Å²) in [6, 6.07) is 12.9. The van der Waals surface area contributed by atoms with Gasteiger partial charge in [0.2, 0.25) is 0 Å². The molecule has 120 valence electrons. The number of nitrogens with zero attached hydrogens (tertiary/aromatic N) is 1. The van der Waals surface area contributed by atoms with Gasteiger partial charge in [-0.15, -0.1) is 12.3 Å². The van der Waals surface area contributed by atoms with Crippen molar-refractivity contribution >= 4 is 16.9 Å². The second-order valence-corrected chi connectivity index (χ2v) is 5.21. The zero-order chi connectivity index (χ0) is 16.9. The molecule has 0 aliphatic carbocycles. The van der Waals surface area contributed by atoms with E-state index in [-0.39, 0.29) is 30.7 Å². The fraction of sp³-hybridized carbons (Fsp3) is 0.158. The molecular weight excluding hydrogens is 309 g/mol. The van der Waals surface area contributed by atoms with Gasteiger partial charge in [0.15, 0.2) is 18.0 Å². The van der Waals surface area contributed by atoms with Gasteiger partial charge >= 0.3 is 6.08 Å². The predicted molar refractivity (Wildman–Crippen MR) is 87.1 cm³/mol. The van der Waals surface area contributed by atoms with Crippen molar-refractivity contribution in [2.45, 2.75) is 12.3 Å². The Hall–Kier alpha value is -3.13. The quantitative estimate of drug-likeness (QED) is 0.649. The van der Waals surface area contributed by atoms with E-state index >= 15 is 0 Å². The van der Waals surface area contributed by atoms with Gasteiger partial charge in [-0.1, -0.05) is 24.3 Å². The summed E-state index contributed by atoms with van der Waals surface area (Å²) in [5.41, 5.74) is 1.89. The van der Waals surface area contributed by atoms with E-state index < -0.39 is 5.92 Å². The van der Waals surface area contributed by atoms with E-state index in [1.54, 1.807) is 24.3 Å². The van der Waals surface area contributed by atoms with Crippen LogP contribution in [0.5, 0.6) is 6.08 Å². The number of halogens is 1. The monoisotopic (exact) mass is 323 g/mol. The summed E-state index contributed by atoms with van der Waals surface area (Å²) in [4.78, 5) is 16.6. The van der Waals surface area contributed by atoms with Crippen LogP contribution in [0, 0.1) is 18.2 Å². The summed E-state index contributed by atoms with van der Waals surface area (Å²) >= 11 is 0. The molecule has 0 bridgehead atoms. The zero-order valence-corrected chi connectivity index (χ0v) is 12.7. The lowest BCUT2D eigenvalue weighted by atomic mass is 9.92. The normalized spacial score (nSPS) is 11.8. The number of carbonyl (C=O) groups is 1. The molecule has 0 amide bonds. The average molecular weight is 323 g/mol. The maximum absolute atomic E-state index is 13.0. The van der Waals surface area contributed by atoms with Gasteiger partial charge in [-0.05, 0) is 29.8 Å². The minimum absolute atomic E-state index is 0.0307. The number of oxazole rings is 1. The standard InChI is InChI=1S/C19H14FNO3/c1-2-5-15(13-8-10-14(20)11-9-13)17(22)12-23-19-21-16-6-3-4-7-18(16)24-19/h1,3-4,6-11,15H,5,12H2. The van der Waals surface area contributed by atoms with Crippen molar-refractivity contribution in [3.63, 3.8) is 0 Å². The van der Waals surface area contributed by atoms with Crippen LogP contribution in [0.25, 0.3) is 11.1 Å². The number of Topliss-reactive ketones (excluding diaryl/α,β-unsaturated/α-hetero) is 1. The first-order chi connectivity index (χ1) is 11.7. The highest BCUT2D eigenvalue weighted by Gasteiger charge is 2.21. The maximum atomic E-state index is 13.0. The van der Waals surface area contributed by atoms with Crippen molar-refractivity contribution < 1.29 is 18.3 Å². The highest BCUT2D eigenvalue weighted by molar-refractivity contribution is 5.87. The lowest BCUT2D eigenvalue weighted by Gasteiger charge is -2.13. The average Bonchev–Trinajstić information content (AvgIpc) is 3.01. The van der Waals surface area contributed by atoms with E-state index in [2.05, 4.69) is 10.9 Å². The van der Waals surface area contributed by atoms with Crippen LogP contribution in [0.1, 0.15) is 17.9 Å². The first-order valence-corrected chi connectivity index (χ1v) is 7.37. The van der Waals surface area contributed by atoms with Crippen molar-refractivity contribution in [2.75, 3.05) is 6.61 Å². The van der Waals surface area contributed by atoms with Crippen LogP contribution in [0.2, 0.25) is 0 Å². The third kappa shape index (κ3) is 3.44. The number of benzene rings is 2. The Morgan fingerprint density at radius 1 is 1.25 bits per heavy atom. The molecule has 0 N–H and O–H groups in total. The molecule has 3 aromatic rings. The number of ketones is 1. The molecule has 24 heavy (non-hydrogen) atoms. The SMILES string of the molecule is C#CCC(C(=O)COc1nc2ccccc2o1)c1ccc(F)cc1. The van der Waals surface area contributed by atoms with Gasteiger partial charge in [0.1, 0.15) is 11.3 Å². The molecule has 1 unspecified atom stereocenters. The van der Waals surface area contributed by atoms with Crippen molar-refractivity contribution in [2.24, 2.45) is 0 Å². The molecule has 2 aromatic carbocycles. The number of aromatic nitrogens is 1. The summed E-state index contributed by atoms with van der Waals surface area (Å²) in [6.07, 6.45) is 5.59. The molecule has 0 saturated carbocycles. The van der Waals surface area contributed by atoms with Gasteiger partial charge in [0, 0.05) is 6.42 Å². The molecule has 0 spiro atoms. The van der Waals surface area contributed by atoms with Gasteiger partial charge in [0.05, 0.1) is 5.92 Å². The molecule has 0 radical (unpaired) electrons. The van der Waals surface area contributed by atoms with Crippen molar-refractivity contribution in [1.29, 1.82) is 0 Å². The Labute approximate surface area is 138 Å². The number of ether oxygens (including phenoxy) is 1. The highest BCUT2D eigenvalue weighted by Crippen LogP contribution is 2.23. The number of carbonyl (C=O) groups excluding carboxylic acids is 1. The van der Waals surface area contributed by atoms with Gasteiger partial charge in [-0.3, -0.25) is 4.79 Å². The first-order valence-electron chi connectivity index (χ1n) is 7.37. The fourth-order valence-electron chi connectivity index (χ4n) is 2.38.